The third-order valence-electron chi connectivity index (χ3n) is 4.46. The van der Waals surface area contributed by atoms with Gasteiger partial charge in [-0.3, -0.25) is 14.2 Å². The average Bonchev–Trinajstić information content (AvgIpc) is 3.28. The first-order valence-electron chi connectivity index (χ1n) is 8.38. The van der Waals surface area contributed by atoms with E-state index in [0.717, 1.165) is 11.1 Å². The van der Waals surface area contributed by atoms with Crippen molar-refractivity contribution in [1.82, 2.24) is 34.3 Å². The molecule has 0 spiro atoms. The van der Waals surface area contributed by atoms with E-state index in [1.54, 1.807) is 40.4 Å². The second-order valence-corrected chi connectivity index (χ2v) is 6.33. The minimum atomic E-state index is -0.306. The Bertz CT molecular complexity index is 1230. The molecule has 0 saturated heterocycles. The fraction of sp³-hybridized carbons (Fsp3) is 0.105. The van der Waals surface area contributed by atoms with E-state index >= 15 is 0 Å². The van der Waals surface area contributed by atoms with Gasteiger partial charge in [-0.15, -0.1) is 0 Å². The van der Waals surface area contributed by atoms with Crippen LogP contribution in [0.4, 0.5) is 4.39 Å². The molecule has 132 valence electrons. The minimum absolute atomic E-state index is 0.306. The van der Waals surface area contributed by atoms with Crippen molar-refractivity contribution in [3.05, 3.63) is 65.9 Å². The van der Waals surface area contributed by atoms with Crippen LogP contribution in [0.2, 0.25) is 0 Å². The van der Waals surface area contributed by atoms with E-state index in [9.17, 15) is 4.39 Å². The zero-order chi connectivity index (χ0) is 18.4. The summed E-state index contributed by atoms with van der Waals surface area (Å²) in [6.07, 6.45) is 12.1. The fourth-order valence-corrected chi connectivity index (χ4v) is 3.10. The summed E-state index contributed by atoms with van der Waals surface area (Å²) in [6.45, 7) is 0. The molecule has 0 aromatic carbocycles. The first-order valence-corrected chi connectivity index (χ1v) is 8.38. The van der Waals surface area contributed by atoms with Crippen molar-refractivity contribution < 1.29 is 4.39 Å². The number of imidazole rings is 1. The van der Waals surface area contributed by atoms with Gasteiger partial charge in [-0.2, -0.15) is 5.10 Å². The molecule has 0 radical (unpaired) electrons. The summed E-state index contributed by atoms with van der Waals surface area (Å²) >= 11 is 0. The number of aryl methyl sites for hydroxylation is 1. The zero-order valence-corrected chi connectivity index (χ0v) is 14.4. The summed E-state index contributed by atoms with van der Waals surface area (Å²) in [5.74, 6) is -0.306. The van der Waals surface area contributed by atoms with Crippen LogP contribution >= 0.6 is 0 Å². The van der Waals surface area contributed by atoms with Crippen LogP contribution in [-0.2, 0) is 13.5 Å². The standard InChI is InChI=1S/C19H14FN7/c1-26-9-14(7-24-26)17-8-22-18-19(25-17)27(11-23-18)10-13-5-12-3-2-4-21-16(12)6-15(13)20/h2-4,6-11H,5H2,1H3. The van der Waals surface area contributed by atoms with Gasteiger partial charge in [0.1, 0.15) is 12.2 Å². The van der Waals surface area contributed by atoms with Crippen LogP contribution < -0.4 is 0 Å². The second kappa shape index (κ2) is 5.94. The molecule has 0 amide bonds. The van der Waals surface area contributed by atoms with E-state index in [1.165, 1.54) is 6.08 Å². The lowest BCUT2D eigenvalue weighted by molar-refractivity contribution is 0.648. The van der Waals surface area contributed by atoms with E-state index in [4.69, 9.17) is 0 Å². The van der Waals surface area contributed by atoms with Crippen molar-refractivity contribution in [3.8, 4) is 11.3 Å². The molecule has 4 aromatic heterocycles. The van der Waals surface area contributed by atoms with E-state index < -0.39 is 0 Å². The lowest BCUT2D eigenvalue weighted by Crippen LogP contribution is -2.04. The van der Waals surface area contributed by atoms with Crippen molar-refractivity contribution >= 4 is 23.6 Å². The molecule has 0 N–H and O–H groups in total. The van der Waals surface area contributed by atoms with Crippen LogP contribution in [0.3, 0.4) is 0 Å². The van der Waals surface area contributed by atoms with Crippen LogP contribution in [0, 0.1) is 0 Å². The highest BCUT2D eigenvalue weighted by Gasteiger charge is 2.17. The Balaban J connectivity index is 1.58. The summed E-state index contributed by atoms with van der Waals surface area (Å²) < 4.78 is 17.9. The quantitative estimate of drug-likeness (QED) is 0.550. The fourth-order valence-electron chi connectivity index (χ4n) is 3.10. The first kappa shape index (κ1) is 15.6. The molecule has 0 saturated carbocycles. The molecule has 27 heavy (non-hydrogen) atoms. The molecule has 7 nitrogen and oxygen atoms in total. The predicted octanol–water partition coefficient (Wildman–Crippen LogP) is 3.03. The Hall–Kier alpha value is -3.68. The van der Waals surface area contributed by atoms with Gasteiger partial charge >= 0.3 is 0 Å². The van der Waals surface area contributed by atoms with Gasteiger partial charge in [0.2, 0.25) is 0 Å². The monoisotopic (exact) mass is 359 g/mol. The van der Waals surface area contributed by atoms with Crippen molar-refractivity contribution in [2.75, 3.05) is 0 Å². The lowest BCUT2D eigenvalue weighted by Gasteiger charge is -2.14. The number of halogens is 1. The number of pyridine rings is 1. The molecular weight excluding hydrogens is 345 g/mol. The summed E-state index contributed by atoms with van der Waals surface area (Å²) in [5, 5.41) is 4.16. The Kier molecular flexibility index (Phi) is 3.43. The van der Waals surface area contributed by atoms with Gasteiger partial charge in [0.25, 0.3) is 0 Å². The van der Waals surface area contributed by atoms with Gasteiger partial charge in [0, 0.05) is 49.3 Å². The average molecular weight is 359 g/mol. The van der Waals surface area contributed by atoms with E-state index in [2.05, 4.69) is 25.0 Å². The number of hydrogen-bond donors (Lipinski definition) is 0. The van der Waals surface area contributed by atoms with Crippen molar-refractivity contribution in [3.63, 3.8) is 0 Å². The number of allylic oxidation sites excluding steroid dienone is 2. The number of rotatable bonds is 2. The van der Waals surface area contributed by atoms with Crippen LogP contribution in [0.15, 0.2) is 54.6 Å². The van der Waals surface area contributed by atoms with Gasteiger partial charge in [-0.1, -0.05) is 6.07 Å². The smallest absolute Gasteiger partial charge is 0.197 e. The Morgan fingerprint density at radius 3 is 2.96 bits per heavy atom. The largest absolute Gasteiger partial charge is 0.288 e. The molecule has 8 heteroatoms. The van der Waals surface area contributed by atoms with Gasteiger partial charge in [-0.25, -0.2) is 19.3 Å². The molecule has 1 aliphatic carbocycles. The number of aromatic nitrogens is 7. The van der Waals surface area contributed by atoms with Crippen molar-refractivity contribution in [2.45, 2.75) is 6.42 Å². The molecule has 0 aliphatic heterocycles. The number of hydrogen-bond acceptors (Lipinski definition) is 5. The van der Waals surface area contributed by atoms with Gasteiger partial charge in [0.05, 0.1) is 23.8 Å². The lowest BCUT2D eigenvalue weighted by atomic mass is 9.97. The molecule has 5 rings (SSSR count). The SMILES string of the molecule is Cn1cc(-c2cnc3ncn(C=C4Cc5cccnc5C=C4F)c3n2)cn1. The van der Waals surface area contributed by atoms with Crippen LogP contribution in [0.25, 0.3) is 34.8 Å². The van der Waals surface area contributed by atoms with E-state index in [0.29, 0.717) is 34.7 Å². The van der Waals surface area contributed by atoms with Gasteiger partial charge in [-0.05, 0) is 11.6 Å². The zero-order valence-electron chi connectivity index (χ0n) is 14.4. The highest BCUT2D eigenvalue weighted by molar-refractivity contribution is 5.74. The van der Waals surface area contributed by atoms with E-state index in [-0.39, 0.29) is 5.83 Å². The second-order valence-electron chi connectivity index (χ2n) is 6.33. The van der Waals surface area contributed by atoms with E-state index in [1.807, 2.05) is 25.4 Å². The van der Waals surface area contributed by atoms with Crippen LogP contribution in [-0.4, -0.2) is 34.3 Å². The normalized spacial score (nSPS) is 15.2. The Labute approximate surface area is 153 Å². The maximum absolute atomic E-state index is 14.5. The van der Waals surface area contributed by atoms with Gasteiger partial charge in [0.15, 0.2) is 11.3 Å². The maximum Gasteiger partial charge on any atom is 0.197 e. The molecule has 4 aromatic rings. The molecule has 0 atom stereocenters. The number of fused-ring (bicyclic) bond motifs is 2. The highest BCUT2D eigenvalue weighted by Crippen LogP contribution is 2.28. The van der Waals surface area contributed by atoms with Crippen LogP contribution in [0.1, 0.15) is 11.3 Å². The summed E-state index contributed by atoms with van der Waals surface area (Å²) in [7, 11) is 1.84. The highest BCUT2D eigenvalue weighted by atomic mass is 19.1. The topological polar surface area (TPSA) is 74.3 Å². The molecule has 1 aliphatic rings. The Morgan fingerprint density at radius 1 is 1.19 bits per heavy atom. The summed E-state index contributed by atoms with van der Waals surface area (Å²) in [6, 6.07) is 3.80. The maximum atomic E-state index is 14.5. The predicted molar refractivity (Wildman–Crippen MR) is 98.8 cm³/mol. The molecule has 4 heterocycles. The summed E-state index contributed by atoms with van der Waals surface area (Å²) in [5.41, 5.74) is 4.80. The first-order chi connectivity index (χ1) is 13.2. The van der Waals surface area contributed by atoms with Crippen molar-refractivity contribution in [1.29, 1.82) is 0 Å². The van der Waals surface area contributed by atoms with Crippen LogP contribution in [0.5, 0.6) is 0 Å². The number of nitrogens with zero attached hydrogens (tertiary/aromatic N) is 7. The molecule has 0 unspecified atom stereocenters. The third kappa shape index (κ3) is 2.71. The molecule has 0 fully saturated rings. The Morgan fingerprint density at radius 2 is 2.11 bits per heavy atom. The molecular formula is C19H14FN7. The molecule has 0 bridgehead atoms. The van der Waals surface area contributed by atoms with Gasteiger partial charge < -0.3 is 0 Å². The minimum Gasteiger partial charge on any atom is -0.288 e. The third-order valence-corrected chi connectivity index (χ3v) is 4.46. The summed E-state index contributed by atoms with van der Waals surface area (Å²) in [4.78, 5) is 17.5. The van der Waals surface area contributed by atoms with Crippen molar-refractivity contribution in [2.24, 2.45) is 7.05 Å².